The Morgan fingerprint density at radius 3 is 3.03 bits per heavy atom. The van der Waals surface area contributed by atoms with E-state index in [9.17, 15) is 4.79 Å². The summed E-state index contributed by atoms with van der Waals surface area (Å²) in [5.41, 5.74) is 9.25. The van der Waals surface area contributed by atoms with Gasteiger partial charge in [-0.05, 0) is 50.2 Å². The average Bonchev–Trinajstić information content (AvgIpc) is 3.50. The van der Waals surface area contributed by atoms with E-state index in [1.54, 1.807) is 11.3 Å². The number of aromatic nitrogens is 2. The topological polar surface area (TPSA) is 96.2 Å². The first-order chi connectivity index (χ1) is 15.1. The molecule has 0 spiro atoms. The van der Waals surface area contributed by atoms with E-state index in [-0.39, 0.29) is 11.9 Å². The summed E-state index contributed by atoms with van der Waals surface area (Å²) in [4.78, 5) is 26.3. The summed E-state index contributed by atoms with van der Waals surface area (Å²) in [5.74, 6) is 1.79. The van der Waals surface area contributed by atoms with E-state index in [0.717, 1.165) is 65.2 Å². The van der Waals surface area contributed by atoms with Crippen molar-refractivity contribution in [3.05, 3.63) is 33.3 Å². The number of thiophene rings is 1. The molecular formula is C22H26N6OS2. The van der Waals surface area contributed by atoms with Crippen LogP contribution in [0.15, 0.2) is 12.1 Å². The Morgan fingerprint density at radius 2 is 2.16 bits per heavy atom. The van der Waals surface area contributed by atoms with Gasteiger partial charge in [0.05, 0.1) is 15.4 Å². The number of hydrogen-bond acceptors (Lipinski definition) is 8. The lowest BCUT2D eigenvalue weighted by molar-refractivity contribution is 0.0938. The maximum absolute atomic E-state index is 12.9. The van der Waals surface area contributed by atoms with E-state index in [0.29, 0.717) is 16.6 Å². The Bertz CT molecular complexity index is 1170. The molecular weight excluding hydrogens is 428 g/mol. The maximum Gasteiger partial charge on any atom is 0.263 e. The number of fused-ring (bicyclic) bond motifs is 3. The number of nitrogens with zero attached hydrogens (tertiary/aromatic N) is 3. The summed E-state index contributed by atoms with van der Waals surface area (Å²) in [6.07, 6.45) is 3.87. The van der Waals surface area contributed by atoms with Crippen LogP contribution < -0.4 is 21.3 Å². The van der Waals surface area contributed by atoms with E-state index >= 15 is 0 Å². The van der Waals surface area contributed by atoms with Crippen LogP contribution >= 0.6 is 22.7 Å². The zero-order chi connectivity index (χ0) is 21.1. The quantitative estimate of drug-likeness (QED) is 0.563. The molecule has 162 valence electrons. The standard InChI is InChI=1S/C22H26N6OS2/c1-11-25-22-20(30-11)18(23)19(31-22)21(29)26-14-3-4-15-12(8-14)2-5-17(27-15)28-7-6-13-9-24-10-16(13)28/h2,5,13-14,16,24H,3-4,6-10,23H2,1H3,(H,26,29). The van der Waals surface area contributed by atoms with Crippen molar-refractivity contribution in [2.24, 2.45) is 5.92 Å². The first-order valence-electron chi connectivity index (χ1n) is 11.0. The molecule has 0 bridgehead atoms. The highest BCUT2D eigenvalue weighted by molar-refractivity contribution is 7.29. The Kier molecular flexibility index (Phi) is 4.66. The number of nitrogens with one attached hydrogen (secondary N) is 2. The lowest BCUT2D eigenvalue weighted by atomic mass is 9.91. The summed E-state index contributed by atoms with van der Waals surface area (Å²) < 4.78 is 0.931. The third-order valence-corrected chi connectivity index (χ3v) is 9.15. The first-order valence-corrected chi connectivity index (χ1v) is 12.6. The number of nitrogens with two attached hydrogens (primary N) is 1. The highest BCUT2D eigenvalue weighted by Crippen LogP contribution is 2.37. The summed E-state index contributed by atoms with van der Waals surface area (Å²) in [7, 11) is 0. The second-order valence-corrected chi connectivity index (χ2v) is 11.1. The molecule has 2 fully saturated rings. The molecule has 31 heavy (non-hydrogen) atoms. The van der Waals surface area contributed by atoms with Crippen LogP contribution in [-0.2, 0) is 12.8 Å². The van der Waals surface area contributed by atoms with Gasteiger partial charge >= 0.3 is 0 Å². The van der Waals surface area contributed by atoms with Crippen LogP contribution in [0.5, 0.6) is 0 Å². The molecule has 9 heteroatoms. The van der Waals surface area contributed by atoms with Crippen molar-refractivity contribution < 1.29 is 4.79 Å². The molecule has 2 saturated heterocycles. The van der Waals surface area contributed by atoms with Crippen LogP contribution in [0, 0.1) is 12.8 Å². The maximum atomic E-state index is 12.9. The first kappa shape index (κ1) is 19.5. The molecule has 4 N–H and O–H groups in total. The number of hydrogen-bond donors (Lipinski definition) is 3. The van der Waals surface area contributed by atoms with Crippen LogP contribution in [0.2, 0.25) is 0 Å². The number of pyridine rings is 1. The molecule has 3 aromatic heterocycles. The van der Waals surface area contributed by atoms with Crippen LogP contribution in [0.3, 0.4) is 0 Å². The lowest BCUT2D eigenvalue weighted by Gasteiger charge is -2.28. The van der Waals surface area contributed by atoms with Crippen LogP contribution in [0.1, 0.15) is 38.8 Å². The average molecular weight is 455 g/mol. The van der Waals surface area contributed by atoms with Crippen molar-refractivity contribution in [2.75, 3.05) is 30.3 Å². The smallest absolute Gasteiger partial charge is 0.263 e. The second-order valence-electron chi connectivity index (χ2n) is 8.87. The predicted molar refractivity (Wildman–Crippen MR) is 126 cm³/mol. The molecule has 2 aliphatic heterocycles. The molecule has 0 aromatic carbocycles. The molecule has 7 nitrogen and oxygen atoms in total. The van der Waals surface area contributed by atoms with Gasteiger partial charge in [0.2, 0.25) is 0 Å². The SMILES string of the molecule is Cc1nc2sc(C(=O)NC3CCc4nc(N5CCC6CNCC65)ccc4C3)c(N)c2s1. The van der Waals surface area contributed by atoms with Gasteiger partial charge in [-0.25, -0.2) is 9.97 Å². The summed E-state index contributed by atoms with van der Waals surface area (Å²) in [5, 5.41) is 7.70. The monoisotopic (exact) mass is 454 g/mol. The number of amides is 1. The van der Waals surface area contributed by atoms with E-state index in [1.807, 2.05) is 6.92 Å². The minimum atomic E-state index is -0.0831. The van der Waals surface area contributed by atoms with Gasteiger partial charge < -0.3 is 21.3 Å². The van der Waals surface area contributed by atoms with E-state index in [2.05, 4.69) is 32.7 Å². The fraction of sp³-hybridized carbons (Fsp3) is 0.500. The van der Waals surface area contributed by atoms with E-state index < -0.39 is 0 Å². The number of thiazole rings is 1. The van der Waals surface area contributed by atoms with Gasteiger partial charge in [0.25, 0.3) is 5.91 Å². The summed E-state index contributed by atoms with van der Waals surface area (Å²) in [6, 6.07) is 5.08. The minimum absolute atomic E-state index is 0.0831. The lowest BCUT2D eigenvalue weighted by Crippen LogP contribution is -2.39. The second kappa shape index (κ2) is 7.43. The van der Waals surface area contributed by atoms with Gasteiger partial charge in [0.15, 0.2) is 0 Å². The molecule has 3 unspecified atom stereocenters. The van der Waals surface area contributed by atoms with Gasteiger partial charge in [0.1, 0.15) is 15.5 Å². The van der Waals surface area contributed by atoms with Crippen molar-refractivity contribution in [2.45, 2.75) is 44.7 Å². The third-order valence-electron chi connectivity index (χ3n) is 6.92. The number of anilines is 2. The fourth-order valence-electron chi connectivity index (χ4n) is 5.34. The van der Waals surface area contributed by atoms with Gasteiger partial charge in [-0.15, -0.1) is 22.7 Å². The zero-order valence-corrected chi connectivity index (χ0v) is 19.1. The number of aryl methyl sites for hydroxylation is 2. The molecule has 3 atom stereocenters. The number of rotatable bonds is 3. The van der Waals surface area contributed by atoms with Gasteiger partial charge in [-0.2, -0.15) is 0 Å². The predicted octanol–water partition coefficient (Wildman–Crippen LogP) is 2.73. The Hall–Kier alpha value is -2.23. The molecule has 6 rings (SSSR count). The highest BCUT2D eigenvalue weighted by Gasteiger charge is 2.38. The molecule has 3 aliphatic rings. The third kappa shape index (κ3) is 3.30. The number of carbonyl (C=O) groups excluding carboxylic acids is 1. The molecule has 0 radical (unpaired) electrons. The molecule has 1 amide bonds. The largest absolute Gasteiger partial charge is 0.396 e. The van der Waals surface area contributed by atoms with Crippen LogP contribution in [0.4, 0.5) is 11.5 Å². The molecule has 0 saturated carbocycles. The van der Waals surface area contributed by atoms with Crippen molar-refractivity contribution in [1.82, 2.24) is 20.6 Å². The molecule has 1 aliphatic carbocycles. The van der Waals surface area contributed by atoms with Crippen molar-refractivity contribution in [3.8, 4) is 0 Å². The zero-order valence-electron chi connectivity index (χ0n) is 17.5. The highest BCUT2D eigenvalue weighted by atomic mass is 32.1. The van der Waals surface area contributed by atoms with Gasteiger partial charge in [0, 0.05) is 37.4 Å². The van der Waals surface area contributed by atoms with Crippen molar-refractivity contribution >= 4 is 49.6 Å². The van der Waals surface area contributed by atoms with Crippen molar-refractivity contribution in [1.29, 1.82) is 0 Å². The number of carbonyl (C=O) groups is 1. The fourth-order valence-corrected chi connectivity index (χ4v) is 7.43. The summed E-state index contributed by atoms with van der Waals surface area (Å²) >= 11 is 2.94. The Balaban J connectivity index is 1.16. The Morgan fingerprint density at radius 1 is 1.26 bits per heavy atom. The minimum Gasteiger partial charge on any atom is -0.396 e. The van der Waals surface area contributed by atoms with Crippen LogP contribution in [-0.4, -0.2) is 47.6 Å². The normalized spacial score (nSPS) is 25.1. The van der Waals surface area contributed by atoms with Crippen molar-refractivity contribution in [3.63, 3.8) is 0 Å². The van der Waals surface area contributed by atoms with E-state index in [1.165, 1.54) is 29.0 Å². The number of nitrogen functional groups attached to an aromatic ring is 1. The van der Waals surface area contributed by atoms with Gasteiger partial charge in [-0.1, -0.05) is 6.07 Å². The molecule has 5 heterocycles. The van der Waals surface area contributed by atoms with E-state index in [4.69, 9.17) is 10.7 Å². The summed E-state index contributed by atoms with van der Waals surface area (Å²) in [6.45, 7) is 5.27. The Labute approximate surface area is 189 Å². The van der Waals surface area contributed by atoms with Crippen LogP contribution in [0.25, 0.3) is 9.53 Å². The molecule has 3 aromatic rings. The van der Waals surface area contributed by atoms with Gasteiger partial charge in [-0.3, -0.25) is 4.79 Å².